The average Bonchev–Trinajstić information content (AvgIpc) is 2.98. The zero-order valence-corrected chi connectivity index (χ0v) is 17.5. The lowest BCUT2D eigenvalue weighted by atomic mass is 10.0. The molecular weight excluding hydrogens is 338 g/mol. The molecule has 1 aromatic carbocycles. The maximum absolute atomic E-state index is 12.3. The van der Waals surface area contributed by atoms with Crippen molar-refractivity contribution in [2.45, 2.75) is 103 Å². The molecule has 0 fully saturated rings. The normalized spacial score (nSPS) is 11.4. The summed E-state index contributed by atoms with van der Waals surface area (Å²) in [5, 5.41) is 0.878. The molecule has 0 amide bonds. The van der Waals surface area contributed by atoms with Gasteiger partial charge in [-0.05, 0) is 18.6 Å². The molecule has 0 aliphatic carbocycles. The first kappa shape index (κ1) is 21.2. The van der Waals surface area contributed by atoms with Gasteiger partial charge in [0.25, 0.3) is 5.56 Å². The highest BCUT2D eigenvalue weighted by Gasteiger charge is 2.05. The van der Waals surface area contributed by atoms with Gasteiger partial charge in [-0.25, -0.2) is 0 Å². The highest BCUT2D eigenvalue weighted by atomic mass is 32.1. The van der Waals surface area contributed by atoms with Crippen LogP contribution in [0.2, 0.25) is 0 Å². The first-order valence-corrected chi connectivity index (χ1v) is 11.7. The highest BCUT2D eigenvalue weighted by molar-refractivity contribution is 7.13. The van der Waals surface area contributed by atoms with Gasteiger partial charge in [-0.2, -0.15) is 0 Å². The Morgan fingerprint density at radius 2 is 1.23 bits per heavy atom. The zero-order chi connectivity index (χ0) is 18.5. The topological polar surface area (TPSA) is 22.0 Å². The van der Waals surface area contributed by atoms with Gasteiger partial charge in [-0.3, -0.25) is 8.75 Å². The van der Waals surface area contributed by atoms with Crippen LogP contribution in [0.4, 0.5) is 0 Å². The molecule has 0 bridgehead atoms. The lowest BCUT2D eigenvalue weighted by Crippen LogP contribution is -2.12. The van der Waals surface area contributed by atoms with Gasteiger partial charge >= 0.3 is 0 Å². The lowest BCUT2D eigenvalue weighted by Gasteiger charge is -2.03. The number of nitrogens with zero attached hydrogens (tertiary/aromatic N) is 1. The van der Waals surface area contributed by atoms with E-state index in [0.29, 0.717) is 0 Å². The second-order valence-electron chi connectivity index (χ2n) is 7.59. The third-order valence-electron chi connectivity index (χ3n) is 5.27. The molecule has 0 N–H and O–H groups in total. The number of fused-ring (bicyclic) bond motifs is 1. The van der Waals surface area contributed by atoms with Crippen molar-refractivity contribution in [3.8, 4) is 0 Å². The highest BCUT2D eigenvalue weighted by Crippen LogP contribution is 2.17. The smallest absolute Gasteiger partial charge is 0.268 e. The molecule has 0 aliphatic heterocycles. The Labute approximate surface area is 163 Å². The standard InChI is InChI=1S/C23H37NOS/c1-2-3-4-5-6-7-8-9-10-11-12-13-14-17-20-24-23(25)21-18-15-16-19-22(21)26-24/h15-16,18-19H,2-14,17,20H2,1H3. The summed E-state index contributed by atoms with van der Waals surface area (Å²) in [5.74, 6) is 0. The largest absolute Gasteiger partial charge is 0.268 e. The molecule has 2 nitrogen and oxygen atoms in total. The van der Waals surface area contributed by atoms with E-state index in [-0.39, 0.29) is 5.56 Å². The van der Waals surface area contributed by atoms with Gasteiger partial charge in [0.1, 0.15) is 0 Å². The summed E-state index contributed by atoms with van der Waals surface area (Å²) in [7, 11) is 0. The molecule has 2 rings (SSSR count). The fourth-order valence-corrected chi connectivity index (χ4v) is 4.65. The second-order valence-corrected chi connectivity index (χ2v) is 8.65. The quantitative estimate of drug-likeness (QED) is 0.295. The Balaban J connectivity index is 1.42. The molecule has 1 aromatic heterocycles. The molecule has 1 heterocycles. The minimum Gasteiger partial charge on any atom is -0.268 e. The van der Waals surface area contributed by atoms with Crippen molar-refractivity contribution in [3.05, 3.63) is 34.6 Å². The molecule has 3 heteroatoms. The molecule has 2 aromatic rings. The predicted octanol–water partition coefficient (Wildman–Crippen LogP) is 7.54. The van der Waals surface area contributed by atoms with Gasteiger partial charge in [0.05, 0.1) is 10.1 Å². The summed E-state index contributed by atoms with van der Waals surface area (Å²) in [5.41, 5.74) is 0.195. The molecule has 146 valence electrons. The van der Waals surface area contributed by atoms with E-state index in [1.807, 2.05) is 28.2 Å². The molecule has 0 unspecified atom stereocenters. The van der Waals surface area contributed by atoms with E-state index in [1.54, 1.807) is 11.5 Å². The molecule has 0 saturated heterocycles. The van der Waals surface area contributed by atoms with E-state index >= 15 is 0 Å². The van der Waals surface area contributed by atoms with Crippen molar-refractivity contribution < 1.29 is 0 Å². The Morgan fingerprint density at radius 3 is 1.77 bits per heavy atom. The van der Waals surface area contributed by atoms with Gasteiger partial charge < -0.3 is 0 Å². The summed E-state index contributed by atoms with van der Waals surface area (Å²) in [6, 6.07) is 7.95. The minimum atomic E-state index is 0.195. The van der Waals surface area contributed by atoms with Crippen LogP contribution in [-0.4, -0.2) is 3.96 Å². The van der Waals surface area contributed by atoms with E-state index in [4.69, 9.17) is 0 Å². The van der Waals surface area contributed by atoms with E-state index in [9.17, 15) is 4.79 Å². The monoisotopic (exact) mass is 375 g/mol. The van der Waals surface area contributed by atoms with Crippen LogP contribution < -0.4 is 5.56 Å². The fourth-order valence-electron chi connectivity index (χ4n) is 3.61. The number of aryl methyl sites for hydroxylation is 1. The van der Waals surface area contributed by atoms with Gasteiger partial charge in [0, 0.05) is 6.54 Å². The Bertz CT molecular complexity index is 658. The predicted molar refractivity (Wildman–Crippen MR) is 116 cm³/mol. The van der Waals surface area contributed by atoms with Gasteiger partial charge in [-0.15, -0.1) is 0 Å². The van der Waals surface area contributed by atoms with Crippen molar-refractivity contribution in [1.82, 2.24) is 3.96 Å². The Hall–Kier alpha value is -1.09. The average molecular weight is 376 g/mol. The van der Waals surface area contributed by atoms with Crippen molar-refractivity contribution in [1.29, 1.82) is 0 Å². The Morgan fingerprint density at radius 1 is 0.731 bits per heavy atom. The van der Waals surface area contributed by atoms with Crippen molar-refractivity contribution in [2.75, 3.05) is 0 Å². The molecule has 0 aliphatic rings. The SMILES string of the molecule is CCCCCCCCCCCCCCCCn1sc2ccccc2c1=O. The van der Waals surface area contributed by atoms with E-state index in [2.05, 4.69) is 6.92 Å². The number of unbranched alkanes of at least 4 members (excludes halogenated alkanes) is 13. The van der Waals surface area contributed by atoms with Crippen LogP contribution in [0.1, 0.15) is 96.8 Å². The molecular formula is C23H37NOS. The van der Waals surface area contributed by atoms with Gasteiger partial charge in [0.15, 0.2) is 0 Å². The van der Waals surface area contributed by atoms with E-state index < -0.39 is 0 Å². The van der Waals surface area contributed by atoms with Crippen molar-refractivity contribution in [3.63, 3.8) is 0 Å². The number of benzene rings is 1. The minimum absolute atomic E-state index is 0.195. The zero-order valence-electron chi connectivity index (χ0n) is 16.7. The number of hydrogen-bond acceptors (Lipinski definition) is 2. The van der Waals surface area contributed by atoms with E-state index in [0.717, 1.165) is 23.1 Å². The molecule has 0 spiro atoms. The number of aromatic nitrogens is 1. The summed E-state index contributed by atoms with van der Waals surface area (Å²) in [6.07, 6.45) is 19.2. The van der Waals surface area contributed by atoms with Gasteiger partial charge in [0.2, 0.25) is 0 Å². The van der Waals surface area contributed by atoms with E-state index in [1.165, 1.54) is 83.5 Å². The third kappa shape index (κ3) is 7.65. The van der Waals surface area contributed by atoms with Crippen LogP contribution in [0.15, 0.2) is 29.1 Å². The lowest BCUT2D eigenvalue weighted by molar-refractivity contribution is 0.527. The number of rotatable bonds is 15. The fraction of sp³-hybridized carbons (Fsp3) is 0.696. The van der Waals surface area contributed by atoms with Crippen molar-refractivity contribution >= 4 is 21.6 Å². The van der Waals surface area contributed by atoms with Crippen LogP contribution in [0.25, 0.3) is 10.1 Å². The van der Waals surface area contributed by atoms with Crippen LogP contribution in [0.3, 0.4) is 0 Å². The maximum atomic E-state index is 12.3. The first-order chi connectivity index (χ1) is 12.8. The van der Waals surface area contributed by atoms with Crippen LogP contribution in [0.5, 0.6) is 0 Å². The second kappa shape index (κ2) is 13.1. The maximum Gasteiger partial charge on any atom is 0.268 e. The molecule has 0 radical (unpaired) electrons. The summed E-state index contributed by atoms with van der Waals surface area (Å²) < 4.78 is 3.05. The van der Waals surface area contributed by atoms with Gasteiger partial charge in [-0.1, -0.05) is 114 Å². The van der Waals surface area contributed by atoms with Crippen molar-refractivity contribution in [2.24, 2.45) is 0 Å². The van der Waals surface area contributed by atoms with Crippen LogP contribution in [0, 0.1) is 0 Å². The Kier molecular flexibility index (Phi) is 10.7. The molecule has 0 atom stereocenters. The summed E-state index contributed by atoms with van der Waals surface area (Å²) in [4.78, 5) is 12.3. The van der Waals surface area contributed by atoms with Crippen LogP contribution >= 0.6 is 11.5 Å². The molecule has 0 saturated carbocycles. The number of hydrogen-bond donors (Lipinski definition) is 0. The molecule has 26 heavy (non-hydrogen) atoms. The summed E-state index contributed by atoms with van der Waals surface area (Å²) >= 11 is 1.61. The third-order valence-corrected chi connectivity index (χ3v) is 6.39. The summed E-state index contributed by atoms with van der Waals surface area (Å²) in [6.45, 7) is 3.17. The van der Waals surface area contributed by atoms with Crippen LogP contribution in [-0.2, 0) is 6.54 Å². The first-order valence-electron chi connectivity index (χ1n) is 10.9.